The third-order valence-electron chi connectivity index (χ3n) is 4.12. The number of carbonyl (C=O) groups excluding carboxylic acids is 2. The number of nitrogens with zero attached hydrogens (tertiary/aromatic N) is 2. The molecule has 0 N–H and O–H groups in total. The first-order valence-electron chi connectivity index (χ1n) is 7.53. The van der Waals surface area contributed by atoms with Crippen molar-refractivity contribution in [3.8, 4) is 0 Å². The summed E-state index contributed by atoms with van der Waals surface area (Å²) in [5, 5.41) is 0. The van der Waals surface area contributed by atoms with Crippen LogP contribution in [0.15, 0.2) is 6.07 Å². The Labute approximate surface area is 130 Å². The van der Waals surface area contributed by atoms with Gasteiger partial charge in [0.15, 0.2) is 0 Å². The van der Waals surface area contributed by atoms with Gasteiger partial charge in [0.2, 0.25) is 5.91 Å². The summed E-state index contributed by atoms with van der Waals surface area (Å²) in [6, 6.07) is 2.00. The molecule has 0 aromatic carbocycles. The van der Waals surface area contributed by atoms with Gasteiger partial charge in [-0.1, -0.05) is 6.92 Å². The quantitative estimate of drug-likeness (QED) is 0.861. The molecule has 0 aliphatic carbocycles. The Morgan fingerprint density at radius 1 is 1.33 bits per heavy atom. The highest BCUT2D eigenvalue weighted by atomic mass is 32.1. The Bertz CT molecular complexity index is 528. The van der Waals surface area contributed by atoms with Crippen LogP contribution in [0.1, 0.15) is 39.9 Å². The molecule has 1 aromatic heterocycles. The summed E-state index contributed by atoms with van der Waals surface area (Å²) in [6.07, 6.45) is 2.52. The van der Waals surface area contributed by atoms with E-state index in [1.54, 1.807) is 30.3 Å². The van der Waals surface area contributed by atoms with E-state index in [2.05, 4.69) is 13.8 Å². The van der Waals surface area contributed by atoms with E-state index in [-0.39, 0.29) is 17.7 Å². The maximum absolute atomic E-state index is 12.5. The molecule has 0 spiro atoms. The second-order valence-electron chi connectivity index (χ2n) is 5.87. The van der Waals surface area contributed by atoms with E-state index in [4.69, 9.17) is 0 Å². The first-order chi connectivity index (χ1) is 9.93. The summed E-state index contributed by atoms with van der Waals surface area (Å²) in [4.78, 5) is 30.2. The third-order valence-corrected chi connectivity index (χ3v) is 5.49. The maximum Gasteiger partial charge on any atom is 0.263 e. The van der Waals surface area contributed by atoms with Crippen LogP contribution in [0.2, 0.25) is 0 Å². The van der Waals surface area contributed by atoms with Crippen LogP contribution in [0.4, 0.5) is 0 Å². The number of piperidine rings is 1. The summed E-state index contributed by atoms with van der Waals surface area (Å²) in [5.74, 6) is 0.376. The van der Waals surface area contributed by atoms with Gasteiger partial charge in [0.25, 0.3) is 5.91 Å². The van der Waals surface area contributed by atoms with Crippen molar-refractivity contribution >= 4 is 23.2 Å². The minimum absolute atomic E-state index is 0.0697. The molecule has 2 heterocycles. The van der Waals surface area contributed by atoms with Crippen LogP contribution in [0.3, 0.4) is 0 Å². The molecule has 5 heteroatoms. The molecule has 0 atom stereocenters. The van der Waals surface area contributed by atoms with Crippen molar-refractivity contribution in [1.82, 2.24) is 9.80 Å². The predicted octanol–water partition coefficient (Wildman–Crippen LogP) is 2.56. The van der Waals surface area contributed by atoms with Crippen molar-refractivity contribution in [3.63, 3.8) is 0 Å². The zero-order valence-electron chi connectivity index (χ0n) is 13.3. The molecule has 0 bridgehead atoms. The van der Waals surface area contributed by atoms with Crippen LogP contribution in [0.5, 0.6) is 0 Å². The number of rotatable bonds is 3. The van der Waals surface area contributed by atoms with E-state index in [1.807, 2.05) is 11.0 Å². The first-order valence-corrected chi connectivity index (χ1v) is 8.35. The molecule has 0 unspecified atom stereocenters. The lowest BCUT2D eigenvalue weighted by Gasteiger charge is -2.32. The van der Waals surface area contributed by atoms with Crippen molar-refractivity contribution in [3.05, 3.63) is 21.4 Å². The van der Waals surface area contributed by atoms with Crippen molar-refractivity contribution in [1.29, 1.82) is 0 Å². The average molecular weight is 308 g/mol. The smallest absolute Gasteiger partial charge is 0.263 e. The molecule has 1 aromatic rings. The highest BCUT2D eigenvalue weighted by molar-refractivity contribution is 7.14. The van der Waals surface area contributed by atoms with E-state index in [0.29, 0.717) is 13.1 Å². The molecule has 1 aliphatic heterocycles. The molecule has 0 radical (unpaired) electrons. The van der Waals surface area contributed by atoms with Crippen LogP contribution in [-0.2, 0) is 11.2 Å². The largest absolute Gasteiger partial charge is 0.349 e. The van der Waals surface area contributed by atoms with Gasteiger partial charge in [-0.25, -0.2) is 0 Å². The SMILES string of the molecule is CCc1sc(C(=O)N2CCC(C(=O)N(C)C)CC2)cc1C. The highest BCUT2D eigenvalue weighted by Gasteiger charge is 2.29. The fourth-order valence-corrected chi connectivity index (χ4v) is 3.91. The molecule has 1 aliphatic rings. The monoisotopic (exact) mass is 308 g/mol. The molecular weight excluding hydrogens is 284 g/mol. The lowest BCUT2D eigenvalue weighted by Crippen LogP contribution is -2.42. The van der Waals surface area contributed by atoms with E-state index in [0.717, 1.165) is 24.1 Å². The number of hydrogen-bond acceptors (Lipinski definition) is 3. The van der Waals surface area contributed by atoms with Gasteiger partial charge in [0.1, 0.15) is 0 Å². The molecule has 1 saturated heterocycles. The lowest BCUT2D eigenvalue weighted by atomic mass is 9.95. The Balaban J connectivity index is 1.98. The Morgan fingerprint density at radius 2 is 1.95 bits per heavy atom. The molecule has 116 valence electrons. The van der Waals surface area contributed by atoms with Crippen molar-refractivity contribution < 1.29 is 9.59 Å². The molecule has 2 rings (SSSR count). The second kappa shape index (κ2) is 6.60. The molecule has 2 amide bonds. The molecular formula is C16H24N2O2S. The summed E-state index contributed by atoms with van der Waals surface area (Å²) in [7, 11) is 3.58. The number of carbonyl (C=O) groups is 2. The minimum atomic E-state index is 0.0697. The number of aryl methyl sites for hydroxylation is 2. The van der Waals surface area contributed by atoms with Crippen LogP contribution in [-0.4, -0.2) is 48.8 Å². The molecule has 1 fully saturated rings. The number of amides is 2. The van der Waals surface area contributed by atoms with Gasteiger partial charge in [-0.05, 0) is 37.8 Å². The maximum atomic E-state index is 12.5. The number of thiophene rings is 1. The second-order valence-corrected chi connectivity index (χ2v) is 7.01. The van der Waals surface area contributed by atoms with E-state index >= 15 is 0 Å². The average Bonchev–Trinajstić information content (AvgIpc) is 2.87. The Morgan fingerprint density at radius 3 is 2.43 bits per heavy atom. The molecule has 21 heavy (non-hydrogen) atoms. The topological polar surface area (TPSA) is 40.6 Å². The van der Waals surface area contributed by atoms with Crippen LogP contribution >= 0.6 is 11.3 Å². The fraction of sp³-hybridized carbons (Fsp3) is 0.625. The van der Waals surface area contributed by atoms with Gasteiger partial charge in [-0.2, -0.15) is 0 Å². The van der Waals surface area contributed by atoms with Crippen LogP contribution in [0.25, 0.3) is 0 Å². The third kappa shape index (κ3) is 3.46. The van der Waals surface area contributed by atoms with E-state index < -0.39 is 0 Å². The van der Waals surface area contributed by atoms with Gasteiger partial charge >= 0.3 is 0 Å². The lowest BCUT2D eigenvalue weighted by molar-refractivity contribution is -0.134. The highest BCUT2D eigenvalue weighted by Crippen LogP contribution is 2.26. The van der Waals surface area contributed by atoms with Gasteiger partial charge in [-0.15, -0.1) is 11.3 Å². The summed E-state index contributed by atoms with van der Waals surface area (Å²) >= 11 is 1.61. The molecule has 4 nitrogen and oxygen atoms in total. The number of hydrogen-bond donors (Lipinski definition) is 0. The van der Waals surface area contributed by atoms with Crippen molar-refractivity contribution in [2.45, 2.75) is 33.1 Å². The van der Waals surface area contributed by atoms with Crippen LogP contribution in [0, 0.1) is 12.8 Å². The molecule has 0 saturated carbocycles. The predicted molar refractivity (Wildman–Crippen MR) is 85.8 cm³/mol. The Kier molecular flexibility index (Phi) is 5.04. The van der Waals surface area contributed by atoms with Gasteiger partial charge in [0.05, 0.1) is 4.88 Å². The summed E-state index contributed by atoms with van der Waals surface area (Å²) in [5.41, 5.74) is 1.21. The van der Waals surface area contributed by atoms with Crippen molar-refractivity contribution in [2.75, 3.05) is 27.2 Å². The van der Waals surface area contributed by atoms with Crippen molar-refractivity contribution in [2.24, 2.45) is 5.92 Å². The zero-order chi connectivity index (χ0) is 15.6. The summed E-state index contributed by atoms with van der Waals surface area (Å²) in [6.45, 7) is 5.54. The first kappa shape index (κ1) is 16.0. The van der Waals surface area contributed by atoms with Gasteiger partial charge in [-0.3, -0.25) is 9.59 Å². The number of likely N-dealkylation sites (tertiary alicyclic amines) is 1. The van der Waals surface area contributed by atoms with Gasteiger partial charge < -0.3 is 9.80 Å². The standard InChI is InChI=1S/C16H24N2O2S/c1-5-13-11(2)10-14(21-13)16(20)18-8-6-12(7-9-18)15(19)17(3)4/h10,12H,5-9H2,1-4H3. The normalized spacial score (nSPS) is 16.1. The Hall–Kier alpha value is -1.36. The zero-order valence-corrected chi connectivity index (χ0v) is 14.1. The summed E-state index contributed by atoms with van der Waals surface area (Å²) < 4.78 is 0. The fourth-order valence-electron chi connectivity index (χ4n) is 2.83. The van der Waals surface area contributed by atoms with Gasteiger partial charge in [0, 0.05) is 38.0 Å². The minimum Gasteiger partial charge on any atom is -0.349 e. The van der Waals surface area contributed by atoms with E-state index in [9.17, 15) is 9.59 Å². The van der Waals surface area contributed by atoms with Crippen LogP contribution < -0.4 is 0 Å². The van der Waals surface area contributed by atoms with E-state index in [1.165, 1.54) is 10.4 Å².